The monoisotopic (exact) mass is 490 g/mol. The van der Waals surface area contributed by atoms with Crippen LogP contribution in [0.4, 0.5) is 11.5 Å². The molecule has 2 atom stereocenters. The van der Waals surface area contributed by atoms with E-state index in [0.717, 1.165) is 82.6 Å². The molecule has 192 valence electrons. The minimum Gasteiger partial charge on any atom is -0.481 e. The van der Waals surface area contributed by atoms with Crippen molar-refractivity contribution in [2.75, 3.05) is 36.8 Å². The number of rotatable bonds is 8. The fourth-order valence-electron chi connectivity index (χ4n) is 6.35. The Kier molecular flexibility index (Phi) is 7.73. The van der Waals surface area contributed by atoms with Gasteiger partial charge in [0.05, 0.1) is 0 Å². The standard InChI is InChI=1S/C29H38N4O3/c34-27(9-3-7-24-11-10-21-6-4-14-30-29(21)32-24)33-15-12-20(13-16-33)25(18-28(35)36)23-17-22-5-1-2-8-26(22)31-19-23/h1-2,5,8,10-11,20,23,25,31H,3-4,6-7,9,12-19H2,(H,30,32)(H,35,36). The van der Waals surface area contributed by atoms with Gasteiger partial charge in [-0.15, -0.1) is 0 Å². The van der Waals surface area contributed by atoms with Gasteiger partial charge in [0, 0.05) is 50.4 Å². The van der Waals surface area contributed by atoms with E-state index in [1.807, 2.05) is 11.0 Å². The number of para-hydroxylation sites is 1. The maximum Gasteiger partial charge on any atom is 0.303 e. The smallest absolute Gasteiger partial charge is 0.303 e. The van der Waals surface area contributed by atoms with Crippen molar-refractivity contribution < 1.29 is 14.7 Å². The summed E-state index contributed by atoms with van der Waals surface area (Å²) in [5.41, 5.74) is 4.79. The van der Waals surface area contributed by atoms with E-state index in [0.29, 0.717) is 18.3 Å². The molecule has 1 aromatic carbocycles. The maximum absolute atomic E-state index is 12.9. The summed E-state index contributed by atoms with van der Waals surface area (Å²) in [5, 5.41) is 16.5. The first-order chi connectivity index (χ1) is 17.6. The normalized spacial score (nSPS) is 20.4. The van der Waals surface area contributed by atoms with E-state index >= 15 is 0 Å². The van der Waals surface area contributed by atoms with Crippen molar-refractivity contribution in [3.8, 4) is 0 Å². The van der Waals surface area contributed by atoms with Gasteiger partial charge in [-0.1, -0.05) is 24.3 Å². The molecule has 0 aliphatic carbocycles. The van der Waals surface area contributed by atoms with Crippen molar-refractivity contribution in [3.63, 3.8) is 0 Å². The van der Waals surface area contributed by atoms with Gasteiger partial charge in [0.15, 0.2) is 0 Å². The summed E-state index contributed by atoms with van der Waals surface area (Å²) in [7, 11) is 0. The number of carbonyl (C=O) groups excluding carboxylic acids is 1. The molecular formula is C29H38N4O3. The Bertz CT molecular complexity index is 1080. The number of hydrogen-bond acceptors (Lipinski definition) is 5. The molecule has 1 amide bonds. The Labute approximate surface area is 213 Å². The van der Waals surface area contributed by atoms with Gasteiger partial charge in [0.25, 0.3) is 0 Å². The summed E-state index contributed by atoms with van der Waals surface area (Å²) < 4.78 is 0. The van der Waals surface area contributed by atoms with E-state index in [4.69, 9.17) is 4.98 Å². The number of hydrogen-bond donors (Lipinski definition) is 3. The average Bonchev–Trinajstić information content (AvgIpc) is 2.91. The second-order valence-electron chi connectivity index (χ2n) is 10.7. The summed E-state index contributed by atoms with van der Waals surface area (Å²) in [6.07, 6.45) is 7.30. The van der Waals surface area contributed by atoms with Crippen molar-refractivity contribution in [1.82, 2.24) is 9.88 Å². The van der Waals surface area contributed by atoms with Crippen molar-refractivity contribution in [2.24, 2.45) is 17.8 Å². The lowest BCUT2D eigenvalue weighted by atomic mass is 9.72. The van der Waals surface area contributed by atoms with Crippen molar-refractivity contribution in [1.29, 1.82) is 0 Å². The first-order valence-corrected chi connectivity index (χ1v) is 13.6. The van der Waals surface area contributed by atoms with E-state index in [1.54, 1.807) is 0 Å². The Hall–Kier alpha value is -3.09. The molecule has 7 heteroatoms. The Morgan fingerprint density at radius 1 is 1.06 bits per heavy atom. The highest BCUT2D eigenvalue weighted by Gasteiger charge is 2.36. The predicted octanol–water partition coefficient (Wildman–Crippen LogP) is 4.38. The summed E-state index contributed by atoms with van der Waals surface area (Å²) in [4.78, 5) is 31.4. The number of carboxylic acid groups (broad SMARTS) is 1. The molecular weight excluding hydrogens is 452 g/mol. The molecule has 1 fully saturated rings. The third kappa shape index (κ3) is 5.82. The lowest BCUT2D eigenvalue weighted by molar-refractivity contribution is -0.140. The number of aryl methyl sites for hydroxylation is 2. The van der Waals surface area contributed by atoms with Crippen molar-refractivity contribution >= 4 is 23.4 Å². The average molecular weight is 491 g/mol. The van der Waals surface area contributed by atoms with Gasteiger partial charge in [-0.2, -0.15) is 0 Å². The van der Waals surface area contributed by atoms with Crippen LogP contribution in [-0.4, -0.2) is 53.0 Å². The van der Waals surface area contributed by atoms with Gasteiger partial charge in [0.1, 0.15) is 5.82 Å². The molecule has 5 rings (SSSR count). The number of piperidine rings is 1. The first kappa shape index (κ1) is 24.6. The van der Waals surface area contributed by atoms with Crippen LogP contribution in [-0.2, 0) is 28.9 Å². The quantitative estimate of drug-likeness (QED) is 0.509. The van der Waals surface area contributed by atoms with E-state index in [1.165, 1.54) is 16.8 Å². The number of carbonyl (C=O) groups is 2. The molecule has 3 aliphatic heterocycles. The van der Waals surface area contributed by atoms with Gasteiger partial charge in [0.2, 0.25) is 5.91 Å². The second-order valence-corrected chi connectivity index (χ2v) is 10.7. The Balaban J connectivity index is 1.11. The molecule has 1 aromatic heterocycles. The van der Waals surface area contributed by atoms with Crippen LogP contribution in [0.5, 0.6) is 0 Å². The van der Waals surface area contributed by atoms with Gasteiger partial charge in [-0.05, 0) is 86.0 Å². The van der Waals surface area contributed by atoms with E-state index < -0.39 is 5.97 Å². The summed E-state index contributed by atoms with van der Waals surface area (Å²) in [6, 6.07) is 12.6. The number of anilines is 2. The predicted molar refractivity (Wildman–Crippen MR) is 141 cm³/mol. The second kappa shape index (κ2) is 11.3. The molecule has 3 aliphatic rings. The minimum atomic E-state index is -0.719. The van der Waals surface area contributed by atoms with E-state index in [2.05, 4.69) is 41.0 Å². The summed E-state index contributed by atoms with van der Waals surface area (Å²) in [5.74, 6) is 1.29. The molecule has 7 nitrogen and oxygen atoms in total. The molecule has 0 spiro atoms. The maximum atomic E-state index is 12.9. The highest BCUT2D eigenvalue weighted by molar-refractivity contribution is 5.76. The van der Waals surface area contributed by atoms with Crippen LogP contribution in [0, 0.1) is 17.8 Å². The Morgan fingerprint density at radius 2 is 1.89 bits per heavy atom. The molecule has 0 saturated carbocycles. The minimum absolute atomic E-state index is 0.129. The van der Waals surface area contributed by atoms with Gasteiger partial charge in [-0.25, -0.2) is 4.98 Å². The fraction of sp³-hybridized carbons (Fsp3) is 0.552. The number of nitrogens with one attached hydrogen (secondary N) is 2. The molecule has 2 unspecified atom stereocenters. The summed E-state index contributed by atoms with van der Waals surface area (Å²) >= 11 is 0. The number of nitrogens with zero attached hydrogens (tertiary/aromatic N) is 2. The first-order valence-electron chi connectivity index (χ1n) is 13.6. The van der Waals surface area contributed by atoms with E-state index in [-0.39, 0.29) is 18.2 Å². The number of aromatic nitrogens is 1. The molecule has 0 radical (unpaired) electrons. The van der Waals surface area contributed by atoms with E-state index in [9.17, 15) is 14.7 Å². The van der Waals surface area contributed by atoms with Gasteiger partial charge < -0.3 is 20.6 Å². The number of amides is 1. The fourth-order valence-corrected chi connectivity index (χ4v) is 6.35. The van der Waals surface area contributed by atoms with Crippen LogP contribution in [0.2, 0.25) is 0 Å². The number of likely N-dealkylation sites (tertiary alicyclic amines) is 1. The van der Waals surface area contributed by atoms with Crippen LogP contribution in [0.15, 0.2) is 36.4 Å². The number of fused-ring (bicyclic) bond motifs is 2. The molecule has 1 saturated heterocycles. The van der Waals surface area contributed by atoms with Gasteiger partial charge in [-0.3, -0.25) is 9.59 Å². The third-order valence-corrected chi connectivity index (χ3v) is 8.34. The largest absolute Gasteiger partial charge is 0.481 e. The topological polar surface area (TPSA) is 94.6 Å². The summed E-state index contributed by atoms with van der Waals surface area (Å²) in [6.45, 7) is 3.27. The van der Waals surface area contributed by atoms with Crippen molar-refractivity contribution in [2.45, 2.75) is 57.8 Å². The number of pyridine rings is 1. The number of aliphatic carboxylic acids is 1. The third-order valence-electron chi connectivity index (χ3n) is 8.34. The highest BCUT2D eigenvalue weighted by Crippen LogP contribution is 2.38. The van der Waals surface area contributed by atoms with Gasteiger partial charge >= 0.3 is 5.97 Å². The molecule has 36 heavy (non-hydrogen) atoms. The highest BCUT2D eigenvalue weighted by atomic mass is 16.4. The molecule has 2 aromatic rings. The zero-order valence-electron chi connectivity index (χ0n) is 21.0. The lowest BCUT2D eigenvalue weighted by Crippen LogP contribution is -2.43. The molecule has 0 bridgehead atoms. The SMILES string of the molecule is O=C(O)CC(C1CCN(C(=O)CCCc2ccc3c(n2)NCCC3)CC1)C1CNc2ccccc2C1. The zero-order chi connectivity index (χ0) is 24.9. The van der Waals surface area contributed by atoms with Crippen LogP contribution in [0.3, 0.4) is 0 Å². The van der Waals surface area contributed by atoms with Crippen LogP contribution in [0.1, 0.15) is 55.3 Å². The van der Waals surface area contributed by atoms with Crippen LogP contribution >= 0.6 is 0 Å². The lowest BCUT2D eigenvalue weighted by Gasteiger charge is -2.40. The number of benzene rings is 1. The van der Waals surface area contributed by atoms with Crippen molar-refractivity contribution in [3.05, 3.63) is 53.2 Å². The van der Waals surface area contributed by atoms with Crippen LogP contribution in [0.25, 0.3) is 0 Å². The molecule has 4 heterocycles. The molecule has 3 N–H and O–H groups in total. The zero-order valence-corrected chi connectivity index (χ0v) is 21.0. The Morgan fingerprint density at radius 3 is 2.72 bits per heavy atom. The van der Waals surface area contributed by atoms with Crippen LogP contribution < -0.4 is 10.6 Å². The number of carboxylic acids is 1.